The molecule has 0 bridgehead atoms. The molecular formula is C21H23FO4. The number of esters is 1. The first-order valence-corrected chi connectivity index (χ1v) is 8.38. The molecule has 0 aliphatic rings. The molecule has 4 nitrogen and oxygen atoms in total. The molecule has 0 amide bonds. The average Bonchev–Trinajstić information content (AvgIpc) is 2.66. The van der Waals surface area contributed by atoms with Crippen LogP contribution in [-0.2, 0) is 9.47 Å². The van der Waals surface area contributed by atoms with Gasteiger partial charge in [0.2, 0.25) is 0 Å². The second-order valence-electron chi connectivity index (χ2n) is 5.60. The van der Waals surface area contributed by atoms with Crippen molar-refractivity contribution in [2.45, 2.75) is 13.3 Å². The van der Waals surface area contributed by atoms with Gasteiger partial charge in [0.15, 0.2) is 0 Å². The van der Waals surface area contributed by atoms with Gasteiger partial charge in [-0.25, -0.2) is 9.18 Å². The maximum absolute atomic E-state index is 14.4. The number of benzene rings is 2. The molecule has 2 rings (SSSR count). The molecule has 0 aliphatic heterocycles. The molecule has 0 saturated heterocycles. The highest BCUT2D eigenvalue weighted by atomic mass is 19.1. The highest BCUT2D eigenvalue weighted by Gasteiger charge is 2.18. The van der Waals surface area contributed by atoms with E-state index in [1.165, 1.54) is 13.2 Å². The van der Waals surface area contributed by atoms with E-state index in [9.17, 15) is 9.18 Å². The van der Waals surface area contributed by atoms with Crippen LogP contribution in [0.15, 0.2) is 42.5 Å². The quantitative estimate of drug-likeness (QED) is 0.506. The van der Waals surface area contributed by atoms with E-state index in [0.717, 1.165) is 0 Å². The van der Waals surface area contributed by atoms with Crippen molar-refractivity contribution in [3.63, 3.8) is 0 Å². The number of hydrogen-bond acceptors (Lipinski definition) is 4. The summed E-state index contributed by atoms with van der Waals surface area (Å²) in [7, 11) is 2.94. The van der Waals surface area contributed by atoms with E-state index in [4.69, 9.17) is 14.2 Å². The number of methoxy groups -OCH3 is 2. The lowest BCUT2D eigenvalue weighted by atomic mass is 9.97. The minimum absolute atomic E-state index is 0.355. The summed E-state index contributed by atoms with van der Waals surface area (Å²) < 4.78 is 30.1. The SMILES string of the molecule is C/C=C/c1cc(-c2ccccc2F)c(OCCCOC)cc1C(=O)OC. The highest BCUT2D eigenvalue weighted by Crippen LogP contribution is 2.35. The third-order valence-corrected chi connectivity index (χ3v) is 3.82. The number of carbonyl (C=O) groups excluding carboxylic acids is 1. The van der Waals surface area contributed by atoms with Gasteiger partial charge in [-0.3, -0.25) is 0 Å². The van der Waals surface area contributed by atoms with Crippen LogP contribution in [0.1, 0.15) is 29.3 Å². The van der Waals surface area contributed by atoms with Gasteiger partial charge in [0.1, 0.15) is 11.6 Å². The molecule has 0 atom stereocenters. The van der Waals surface area contributed by atoms with Crippen LogP contribution in [0.5, 0.6) is 5.75 Å². The Balaban J connectivity index is 2.56. The number of hydrogen-bond donors (Lipinski definition) is 0. The standard InChI is InChI=1S/C21H23FO4/c1-4-8-15-13-18(16-9-5-6-10-19(16)22)20(26-12-7-11-24-2)14-17(15)21(23)25-3/h4-6,8-10,13-14H,7,11-12H2,1-3H3/b8-4+. The molecule has 2 aromatic rings. The van der Waals surface area contributed by atoms with Gasteiger partial charge in [-0.1, -0.05) is 30.4 Å². The lowest BCUT2D eigenvalue weighted by Gasteiger charge is -2.16. The van der Waals surface area contributed by atoms with Gasteiger partial charge in [-0.2, -0.15) is 0 Å². The molecule has 26 heavy (non-hydrogen) atoms. The van der Waals surface area contributed by atoms with Gasteiger partial charge in [0, 0.05) is 31.3 Å². The van der Waals surface area contributed by atoms with Crippen molar-refractivity contribution in [2.75, 3.05) is 27.4 Å². The van der Waals surface area contributed by atoms with Gasteiger partial charge in [0.05, 0.1) is 19.3 Å². The Kier molecular flexibility index (Phi) is 7.36. The number of carbonyl (C=O) groups is 1. The first kappa shape index (κ1) is 19.7. The minimum Gasteiger partial charge on any atom is -0.493 e. The molecule has 5 heteroatoms. The van der Waals surface area contributed by atoms with E-state index >= 15 is 0 Å². The summed E-state index contributed by atoms with van der Waals surface area (Å²) >= 11 is 0. The molecule has 0 fully saturated rings. The second kappa shape index (κ2) is 9.73. The summed E-state index contributed by atoms with van der Waals surface area (Å²) in [5.41, 5.74) is 2.01. The fraction of sp³-hybridized carbons (Fsp3) is 0.286. The van der Waals surface area contributed by atoms with Gasteiger partial charge in [-0.05, 0) is 30.7 Å². The zero-order valence-corrected chi connectivity index (χ0v) is 15.3. The van der Waals surface area contributed by atoms with Crippen LogP contribution < -0.4 is 4.74 Å². The molecular weight excluding hydrogens is 335 g/mol. The summed E-state index contributed by atoms with van der Waals surface area (Å²) in [4.78, 5) is 12.1. The maximum atomic E-state index is 14.4. The summed E-state index contributed by atoms with van der Waals surface area (Å²) in [6.45, 7) is 2.79. The lowest BCUT2D eigenvalue weighted by molar-refractivity contribution is 0.0600. The van der Waals surface area contributed by atoms with Crippen molar-refractivity contribution in [3.8, 4) is 16.9 Å². The van der Waals surface area contributed by atoms with Crippen molar-refractivity contribution in [1.82, 2.24) is 0 Å². The summed E-state index contributed by atoms with van der Waals surface area (Å²) in [6, 6.07) is 9.83. The van der Waals surface area contributed by atoms with Crippen molar-refractivity contribution in [1.29, 1.82) is 0 Å². The first-order chi connectivity index (χ1) is 12.6. The summed E-state index contributed by atoms with van der Waals surface area (Å²) in [5, 5.41) is 0. The van der Waals surface area contributed by atoms with Crippen molar-refractivity contribution in [2.24, 2.45) is 0 Å². The van der Waals surface area contributed by atoms with Gasteiger partial charge in [-0.15, -0.1) is 0 Å². The number of halogens is 1. The Morgan fingerprint density at radius 1 is 1.12 bits per heavy atom. The Morgan fingerprint density at radius 2 is 1.88 bits per heavy atom. The zero-order valence-electron chi connectivity index (χ0n) is 15.3. The molecule has 2 aromatic carbocycles. The van der Waals surface area contributed by atoms with E-state index in [0.29, 0.717) is 47.6 Å². The van der Waals surface area contributed by atoms with Crippen molar-refractivity contribution >= 4 is 12.0 Å². The Morgan fingerprint density at radius 3 is 2.54 bits per heavy atom. The highest BCUT2D eigenvalue weighted by molar-refractivity contribution is 5.96. The molecule has 0 heterocycles. The average molecular weight is 358 g/mol. The summed E-state index contributed by atoms with van der Waals surface area (Å²) in [5.74, 6) is -0.397. The smallest absolute Gasteiger partial charge is 0.338 e. The van der Waals surface area contributed by atoms with Gasteiger partial charge in [0.25, 0.3) is 0 Å². The van der Waals surface area contributed by atoms with Gasteiger partial charge >= 0.3 is 5.97 Å². The van der Waals surface area contributed by atoms with Crippen LogP contribution >= 0.6 is 0 Å². The van der Waals surface area contributed by atoms with E-state index in [-0.39, 0.29) is 5.82 Å². The molecule has 0 aliphatic carbocycles. The Hall–Kier alpha value is -2.66. The van der Waals surface area contributed by atoms with Crippen LogP contribution in [0.4, 0.5) is 4.39 Å². The monoisotopic (exact) mass is 358 g/mol. The second-order valence-corrected chi connectivity index (χ2v) is 5.60. The minimum atomic E-state index is -0.472. The fourth-order valence-corrected chi connectivity index (χ4v) is 2.60. The first-order valence-electron chi connectivity index (χ1n) is 8.38. The van der Waals surface area contributed by atoms with Crippen LogP contribution in [0.2, 0.25) is 0 Å². The third kappa shape index (κ3) is 4.70. The van der Waals surface area contributed by atoms with Crippen molar-refractivity contribution < 1.29 is 23.4 Å². The van der Waals surface area contributed by atoms with Crippen LogP contribution in [0, 0.1) is 5.82 Å². The fourth-order valence-electron chi connectivity index (χ4n) is 2.60. The number of allylic oxidation sites excluding steroid dienone is 1. The van der Waals surface area contributed by atoms with Crippen LogP contribution in [-0.4, -0.2) is 33.4 Å². The molecule has 0 spiro atoms. The topological polar surface area (TPSA) is 44.8 Å². The van der Waals surface area contributed by atoms with E-state index < -0.39 is 5.97 Å². The third-order valence-electron chi connectivity index (χ3n) is 3.82. The normalized spacial score (nSPS) is 10.9. The Labute approximate surface area is 153 Å². The van der Waals surface area contributed by atoms with Gasteiger partial charge < -0.3 is 14.2 Å². The maximum Gasteiger partial charge on any atom is 0.338 e. The Bertz CT molecular complexity index is 784. The van der Waals surface area contributed by atoms with Crippen LogP contribution in [0.25, 0.3) is 17.2 Å². The molecule has 0 unspecified atom stereocenters. The van der Waals surface area contributed by atoms with E-state index in [1.807, 2.05) is 13.0 Å². The van der Waals surface area contributed by atoms with Crippen molar-refractivity contribution in [3.05, 3.63) is 59.4 Å². The van der Waals surface area contributed by atoms with E-state index in [2.05, 4.69) is 0 Å². The summed E-state index contributed by atoms with van der Waals surface area (Å²) in [6.07, 6.45) is 4.27. The predicted octanol–water partition coefficient (Wildman–Crippen LogP) is 4.73. The predicted molar refractivity (Wildman–Crippen MR) is 99.9 cm³/mol. The zero-order chi connectivity index (χ0) is 18.9. The largest absolute Gasteiger partial charge is 0.493 e. The molecule has 0 radical (unpaired) electrons. The molecule has 0 saturated carbocycles. The molecule has 0 N–H and O–H groups in total. The van der Waals surface area contributed by atoms with E-state index in [1.54, 1.807) is 43.5 Å². The lowest BCUT2D eigenvalue weighted by Crippen LogP contribution is -2.08. The molecule has 0 aromatic heterocycles. The number of ether oxygens (including phenoxy) is 3. The molecule has 138 valence electrons. The number of rotatable bonds is 8. The van der Waals surface area contributed by atoms with Crippen LogP contribution in [0.3, 0.4) is 0 Å².